The van der Waals surface area contributed by atoms with Gasteiger partial charge in [-0.3, -0.25) is 4.79 Å². The van der Waals surface area contributed by atoms with Crippen molar-refractivity contribution in [2.45, 2.75) is 18.2 Å². The first-order valence-electron chi connectivity index (χ1n) is 5.45. The van der Waals surface area contributed by atoms with Crippen LogP contribution in [0.25, 0.3) is 0 Å². The van der Waals surface area contributed by atoms with Crippen molar-refractivity contribution in [3.05, 3.63) is 28.7 Å². The summed E-state index contributed by atoms with van der Waals surface area (Å²) >= 11 is 2.80. The highest BCUT2D eigenvalue weighted by molar-refractivity contribution is 8.01. The van der Waals surface area contributed by atoms with Gasteiger partial charge in [0, 0.05) is 0 Å². The lowest BCUT2D eigenvalue weighted by atomic mass is 10.4. The smallest absolute Gasteiger partial charge is 0.250 e. The van der Waals surface area contributed by atoms with Crippen LogP contribution in [0.15, 0.2) is 26.0 Å². The lowest BCUT2D eigenvalue weighted by molar-refractivity contribution is -0.118. The second kappa shape index (κ2) is 6.48. The minimum absolute atomic E-state index is 0.197. The van der Waals surface area contributed by atoms with E-state index < -0.39 is 0 Å². The molecule has 2 rings (SSSR count). The Morgan fingerprint density at radius 2 is 2.37 bits per heavy atom. The molecular formula is C11H12N4O2S2. The maximum absolute atomic E-state index is 11.5. The lowest BCUT2D eigenvalue weighted by Crippen LogP contribution is -2.19. The summed E-state index contributed by atoms with van der Waals surface area (Å²) in [5.41, 5.74) is 2.42. The van der Waals surface area contributed by atoms with E-state index in [1.54, 1.807) is 6.07 Å². The number of carbonyl (C=O) groups excluding carboxylic acids is 1. The number of amides is 1. The average molecular weight is 296 g/mol. The van der Waals surface area contributed by atoms with E-state index in [0.29, 0.717) is 5.76 Å². The van der Waals surface area contributed by atoms with Crippen molar-refractivity contribution in [3.8, 4) is 0 Å². The van der Waals surface area contributed by atoms with Gasteiger partial charge in [0.15, 0.2) is 4.34 Å². The standard InChI is InChI=1S/C11H12N4O2S2/c1-7-3-4-9(17-7)5-12-14-10(16)6-18-11-15-13-8(2)19-11/h3-5H,6H2,1-2H3,(H,14,16). The van der Waals surface area contributed by atoms with E-state index in [9.17, 15) is 4.79 Å². The second-order valence-corrected chi connectivity index (χ2v) is 6.02. The average Bonchev–Trinajstić information content (AvgIpc) is 2.96. The van der Waals surface area contributed by atoms with Crippen LogP contribution in [-0.2, 0) is 4.79 Å². The molecule has 6 nitrogen and oxygen atoms in total. The van der Waals surface area contributed by atoms with Crippen LogP contribution in [-0.4, -0.2) is 28.1 Å². The number of carbonyl (C=O) groups is 1. The van der Waals surface area contributed by atoms with Crippen molar-refractivity contribution < 1.29 is 9.21 Å². The van der Waals surface area contributed by atoms with Crippen LogP contribution < -0.4 is 5.43 Å². The summed E-state index contributed by atoms with van der Waals surface area (Å²) in [4.78, 5) is 11.5. The van der Waals surface area contributed by atoms with Gasteiger partial charge in [0.2, 0.25) is 0 Å². The first-order chi connectivity index (χ1) is 9.13. The van der Waals surface area contributed by atoms with Crippen molar-refractivity contribution in [2.75, 3.05) is 5.75 Å². The molecule has 2 aromatic rings. The molecule has 0 saturated carbocycles. The number of nitrogens with zero attached hydrogens (tertiary/aromatic N) is 3. The van der Waals surface area contributed by atoms with Crippen molar-refractivity contribution in [1.82, 2.24) is 15.6 Å². The summed E-state index contributed by atoms with van der Waals surface area (Å²) in [6.07, 6.45) is 1.46. The summed E-state index contributed by atoms with van der Waals surface area (Å²) in [6.45, 7) is 3.72. The molecule has 1 amide bonds. The van der Waals surface area contributed by atoms with Gasteiger partial charge in [0.05, 0.1) is 12.0 Å². The predicted octanol–water partition coefficient (Wildman–Crippen LogP) is 1.99. The quantitative estimate of drug-likeness (QED) is 0.518. The molecule has 19 heavy (non-hydrogen) atoms. The van der Waals surface area contributed by atoms with Gasteiger partial charge in [-0.25, -0.2) is 5.43 Å². The highest BCUT2D eigenvalue weighted by Gasteiger charge is 2.05. The molecule has 0 aromatic carbocycles. The van der Waals surface area contributed by atoms with Gasteiger partial charge in [-0.2, -0.15) is 5.10 Å². The zero-order valence-electron chi connectivity index (χ0n) is 10.4. The molecule has 0 aliphatic carbocycles. The number of nitrogens with one attached hydrogen (secondary N) is 1. The SMILES string of the molecule is Cc1ccc(C=NNC(=O)CSc2nnc(C)s2)o1. The van der Waals surface area contributed by atoms with E-state index in [2.05, 4.69) is 20.7 Å². The van der Waals surface area contributed by atoms with Gasteiger partial charge in [-0.15, -0.1) is 10.2 Å². The van der Waals surface area contributed by atoms with Gasteiger partial charge in [0.1, 0.15) is 16.5 Å². The summed E-state index contributed by atoms with van der Waals surface area (Å²) in [5, 5.41) is 12.5. The lowest BCUT2D eigenvalue weighted by Gasteiger charge is -1.96. The Morgan fingerprint density at radius 1 is 1.53 bits per heavy atom. The molecule has 0 bridgehead atoms. The van der Waals surface area contributed by atoms with E-state index in [1.165, 1.54) is 29.3 Å². The van der Waals surface area contributed by atoms with Gasteiger partial charge in [-0.05, 0) is 26.0 Å². The van der Waals surface area contributed by atoms with Crippen molar-refractivity contribution >= 4 is 35.2 Å². The summed E-state index contributed by atoms with van der Waals surface area (Å²) in [6, 6.07) is 3.61. The summed E-state index contributed by atoms with van der Waals surface area (Å²) in [5.74, 6) is 1.46. The number of hydrogen-bond donors (Lipinski definition) is 1. The highest BCUT2D eigenvalue weighted by Crippen LogP contribution is 2.21. The molecule has 0 unspecified atom stereocenters. The van der Waals surface area contributed by atoms with Gasteiger partial charge < -0.3 is 4.42 Å². The molecule has 0 fully saturated rings. The zero-order chi connectivity index (χ0) is 13.7. The van der Waals surface area contributed by atoms with Gasteiger partial charge >= 0.3 is 0 Å². The van der Waals surface area contributed by atoms with E-state index in [4.69, 9.17) is 4.42 Å². The topological polar surface area (TPSA) is 80.4 Å². The molecule has 2 heterocycles. The molecule has 0 aliphatic rings. The van der Waals surface area contributed by atoms with Crippen molar-refractivity contribution in [1.29, 1.82) is 0 Å². The zero-order valence-corrected chi connectivity index (χ0v) is 12.0. The first kappa shape index (κ1) is 13.8. The molecule has 2 aromatic heterocycles. The van der Waals surface area contributed by atoms with Crippen molar-refractivity contribution in [2.24, 2.45) is 5.10 Å². The number of hydrogen-bond acceptors (Lipinski definition) is 7. The van der Waals surface area contributed by atoms with E-state index in [0.717, 1.165) is 15.1 Å². The number of aromatic nitrogens is 2. The van der Waals surface area contributed by atoms with Crippen LogP contribution in [0.3, 0.4) is 0 Å². The first-order valence-corrected chi connectivity index (χ1v) is 7.25. The Bertz CT molecular complexity index is 591. The third-order valence-corrected chi connectivity index (χ3v) is 3.95. The number of rotatable bonds is 5. The van der Waals surface area contributed by atoms with Crippen LogP contribution in [0.4, 0.5) is 0 Å². The van der Waals surface area contributed by atoms with Crippen LogP contribution in [0.2, 0.25) is 0 Å². The molecule has 0 atom stereocenters. The molecule has 0 saturated heterocycles. The second-order valence-electron chi connectivity index (χ2n) is 3.62. The Balaban J connectivity index is 1.74. The number of furan rings is 1. The molecule has 0 radical (unpaired) electrons. The fourth-order valence-corrected chi connectivity index (χ4v) is 2.79. The number of thioether (sulfide) groups is 1. The minimum atomic E-state index is -0.197. The Morgan fingerprint density at radius 3 is 3.00 bits per heavy atom. The van der Waals surface area contributed by atoms with Gasteiger partial charge in [-0.1, -0.05) is 23.1 Å². The Hall–Kier alpha value is -1.67. The Kier molecular flexibility index (Phi) is 4.69. The van der Waals surface area contributed by atoms with E-state index >= 15 is 0 Å². The fourth-order valence-electron chi connectivity index (χ4n) is 1.19. The summed E-state index contributed by atoms with van der Waals surface area (Å²) in [7, 11) is 0. The number of hydrazone groups is 1. The normalized spacial score (nSPS) is 11.1. The molecule has 0 spiro atoms. The van der Waals surface area contributed by atoms with Crippen molar-refractivity contribution in [3.63, 3.8) is 0 Å². The molecule has 0 aliphatic heterocycles. The molecule has 1 N–H and O–H groups in total. The van der Waals surface area contributed by atoms with Crippen LogP contribution in [0, 0.1) is 13.8 Å². The number of aryl methyl sites for hydroxylation is 2. The molecule has 100 valence electrons. The predicted molar refractivity (Wildman–Crippen MR) is 74.6 cm³/mol. The largest absolute Gasteiger partial charge is 0.460 e. The fraction of sp³-hybridized carbons (Fsp3) is 0.273. The third-order valence-electron chi connectivity index (χ3n) is 1.98. The molecular weight excluding hydrogens is 284 g/mol. The maximum atomic E-state index is 11.5. The monoisotopic (exact) mass is 296 g/mol. The van der Waals surface area contributed by atoms with E-state index in [1.807, 2.05) is 19.9 Å². The summed E-state index contributed by atoms with van der Waals surface area (Å²) < 4.78 is 6.05. The van der Waals surface area contributed by atoms with Crippen LogP contribution in [0.1, 0.15) is 16.5 Å². The van der Waals surface area contributed by atoms with Crippen LogP contribution in [0.5, 0.6) is 0 Å². The maximum Gasteiger partial charge on any atom is 0.250 e. The van der Waals surface area contributed by atoms with Gasteiger partial charge in [0.25, 0.3) is 5.91 Å². The third kappa shape index (κ3) is 4.49. The Labute approximate surface area is 118 Å². The minimum Gasteiger partial charge on any atom is -0.460 e. The molecule has 8 heteroatoms. The van der Waals surface area contributed by atoms with Crippen LogP contribution >= 0.6 is 23.1 Å². The highest BCUT2D eigenvalue weighted by atomic mass is 32.2. The van der Waals surface area contributed by atoms with E-state index in [-0.39, 0.29) is 11.7 Å².